The molecule has 84 valence electrons. The lowest BCUT2D eigenvalue weighted by Crippen LogP contribution is -2.10. The molecular weight excluding hydrogens is 198 g/mol. The van der Waals surface area contributed by atoms with E-state index < -0.39 is 0 Å². The van der Waals surface area contributed by atoms with Gasteiger partial charge in [-0.05, 0) is 31.3 Å². The van der Waals surface area contributed by atoms with Gasteiger partial charge in [-0.1, -0.05) is 24.3 Å². The molecule has 0 atom stereocenters. The van der Waals surface area contributed by atoms with Crippen molar-refractivity contribution in [2.75, 3.05) is 14.1 Å². The maximum atomic E-state index is 3.94. The van der Waals surface area contributed by atoms with Crippen LogP contribution in [-0.2, 0) is 13.0 Å². The van der Waals surface area contributed by atoms with Crippen LogP contribution in [0.1, 0.15) is 16.8 Å². The average Bonchev–Trinajstić information content (AvgIpc) is 2.73. The molecule has 2 aromatic rings. The molecule has 0 aliphatic rings. The molecule has 0 amide bonds. The fraction of sp³-hybridized carbons (Fsp3) is 0.308. The van der Waals surface area contributed by atoms with Gasteiger partial charge in [0.2, 0.25) is 0 Å². The highest BCUT2D eigenvalue weighted by Gasteiger charge is 1.98. The third kappa shape index (κ3) is 2.94. The molecule has 0 bridgehead atoms. The van der Waals surface area contributed by atoms with Crippen molar-refractivity contribution in [3.05, 3.63) is 53.3 Å². The van der Waals surface area contributed by atoms with Crippen LogP contribution in [-0.4, -0.2) is 29.2 Å². The van der Waals surface area contributed by atoms with Crippen molar-refractivity contribution < 1.29 is 0 Å². The van der Waals surface area contributed by atoms with Crippen LogP contribution in [0.2, 0.25) is 0 Å². The molecule has 1 N–H and O–H groups in total. The van der Waals surface area contributed by atoms with Gasteiger partial charge in [0.15, 0.2) is 0 Å². The van der Waals surface area contributed by atoms with Crippen molar-refractivity contribution >= 4 is 0 Å². The Morgan fingerprint density at radius 3 is 2.31 bits per heavy atom. The number of hydrogen-bond acceptors (Lipinski definition) is 2. The molecule has 3 heteroatoms. The molecule has 1 aromatic heterocycles. The summed E-state index contributed by atoms with van der Waals surface area (Å²) in [6.45, 7) is 0.990. The van der Waals surface area contributed by atoms with Crippen molar-refractivity contribution in [2.45, 2.75) is 13.0 Å². The van der Waals surface area contributed by atoms with E-state index in [-0.39, 0.29) is 0 Å². The van der Waals surface area contributed by atoms with Crippen molar-refractivity contribution in [3.63, 3.8) is 0 Å². The van der Waals surface area contributed by atoms with Crippen LogP contribution in [0.15, 0.2) is 36.5 Å². The van der Waals surface area contributed by atoms with Gasteiger partial charge in [-0.3, -0.25) is 5.10 Å². The zero-order chi connectivity index (χ0) is 11.4. The number of nitrogens with one attached hydrogen (secondary N) is 1. The van der Waals surface area contributed by atoms with E-state index in [1.807, 2.05) is 6.07 Å². The van der Waals surface area contributed by atoms with Gasteiger partial charge in [0.25, 0.3) is 0 Å². The standard InChI is InChI=1S/C13H17N3/c1-16(2)10-12-5-3-11(4-6-12)9-13-7-8-14-15-13/h3-8H,9-10H2,1-2H3,(H,14,15). The minimum absolute atomic E-state index is 0.919. The van der Waals surface area contributed by atoms with Gasteiger partial charge in [-0.15, -0.1) is 0 Å². The Bertz CT molecular complexity index is 415. The van der Waals surface area contributed by atoms with E-state index in [2.05, 4.69) is 53.5 Å². The fourth-order valence-corrected chi connectivity index (χ4v) is 1.73. The third-order valence-corrected chi connectivity index (χ3v) is 2.47. The lowest BCUT2D eigenvalue weighted by Gasteiger charge is -2.09. The van der Waals surface area contributed by atoms with Gasteiger partial charge in [-0.25, -0.2) is 0 Å². The Labute approximate surface area is 96.1 Å². The van der Waals surface area contributed by atoms with Crippen molar-refractivity contribution in [1.29, 1.82) is 0 Å². The maximum Gasteiger partial charge on any atom is 0.0490 e. The normalized spacial score (nSPS) is 10.9. The molecule has 0 fully saturated rings. The van der Waals surface area contributed by atoms with Gasteiger partial charge < -0.3 is 4.90 Å². The highest BCUT2D eigenvalue weighted by atomic mass is 15.1. The van der Waals surface area contributed by atoms with Crippen molar-refractivity contribution in [3.8, 4) is 0 Å². The van der Waals surface area contributed by atoms with Gasteiger partial charge >= 0.3 is 0 Å². The molecule has 0 saturated carbocycles. The molecular formula is C13H17N3. The second kappa shape index (κ2) is 4.94. The summed E-state index contributed by atoms with van der Waals surface area (Å²) in [5.41, 5.74) is 3.81. The summed E-state index contributed by atoms with van der Waals surface area (Å²) in [4.78, 5) is 2.17. The van der Waals surface area contributed by atoms with Gasteiger partial charge in [-0.2, -0.15) is 5.10 Å². The molecule has 0 aliphatic carbocycles. The summed E-state index contributed by atoms with van der Waals surface area (Å²) in [5.74, 6) is 0. The number of aromatic nitrogens is 2. The first-order chi connectivity index (χ1) is 7.74. The van der Waals surface area contributed by atoms with Gasteiger partial charge in [0, 0.05) is 24.9 Å². The molecule has 3 nitrogen and oxygen atoms in total. The Morgan fingerprint density at radius 2 is 1.75 bits per heavy atom. The number of aromatic amines is 1. The van der Waals surface area contributed by atoms with Crippen LogP contribution < -0.4 is 0 Å². The van der Waals surface area contributed by atoms with E-state index in [1.165, 1.54) is 11.1 Å². The van der Waals surface area contributed by atoms with Crippen LogP contribution >= 0.6 is 0 Å². The molecule has 1 aromatic carbocycles. The maximum absolute atomic E-state index is 3.94. The zero-order valence-electron chi connectivity index (χ0n) is 9.77. The molecule has 1 heterocycles. The Morgan fingerprint density at radius 1 is 1.06 bits per heavy atom. The summed E-state index contributed by atoms with van der Waals surface area (Å²) in [5, 5.41) is 6.92. The fourth-order valence-electron chi connectivity index (χ4n) is 1.73. The van der Waals surface area contributed by atoms with E-state index in [4.69, 9.17) is 0 Å². The van der Waals surface area contributed by atoms with Crippen LogP contribution in [0.3, 0.4) is 0 Å². The summed E-state index contributed by atoms with van der Waals surface area (Å²) in [6, 6.07) is 10.7. The molecule has 0 unspecified atom stereocenters. The monoisotopic (exact) mass is 215 g/mol. The summed E-state index contributed by atoms with van der Waals surface area (Å²) in [6.07, 6.45) is 2.71. The van der Waals surface area contributed by atoms with Crippen LogP contribution in [0.4, 0.5) is 0 Å². The lowest BCUT2D eigenvalue weighted by atomic mass is 10.1. The van der Waals surface area contributed by atoms with Gasteiger partial charge in [0.1, 0.15) is 0 Å². The number of rotatable bonds is 4. The minimum atomic E-state index is 0.919. The number of hydrogen-bond donors (Lipinski definition) is 1. The van der Waals surface area contributed by atoms with E-state index in [0.29, 0.717) is 0 Å². The van der Waals surface area contributed by atoms with E-state index in [1.54, 1.807) is 6.20 Å². The molecule has 0 radical (unpaired) electrons. The Balaban J connectivity index is 2.02. The predicted octanol–water partition coefficient (Wildman–Crippen LogP) is 2.06. The van der Waals surface area contributed by atoms with Crippen molar-refractivity contribution in [2.24, 2.45) is 0 Å². The smallest absolute Gasteiger partial charge is 0.0490 e. The first-order valence-electron chi connectivity index (χ1n) is 5.45. The van der Waals surface area contributed by atoms with Crippen LogP contribution in [0.25, 0.3) is 0 Å². The van der Waals surface area contributed by atoms with E-state index in [0.717, 1.165) is 18.7 Å². The Hall–Kier alpha value is -1.61. The number of H-pyrrole nitrogens is 1. The highest BCUT2D eigenvalue weighted by molar-refractivity contribution is 5.25. The minimum Gasteiger partial charge on any atom is -0.305 e. The molecule has 0 aliphatic heterocycles. The highest BCUT2D eigenvalue weighted by Crippen LogP contribution is 2.09. The predicted molar refractivity (Wildman–Crippen MR) is 65.2 cm³/mol. The van der Waals surface area contributed by atoms with E-state index in [9.17, 15) is 0 Å². The molecule has 0 spiro atoms. The number of nitrogens with zero attached hydrogens (tertiary/aromatic N) is 2. The second-order valence-corrected chi connectivity index (χ2v) is 4.31. The van der Waals surface area contributed by atoms with Crippen molar-refractivity contribution in [1.82, 2.24) is 15.1 Å². The quantitative estimate of drug-likeness (QED) is 0.846. The van der Waals surface area contributed by atoms with Crippen LogP contribution in [0, 0.1) is 0 Å². The SMILES string of the molecule is CN(C)Cc1ccc(Cc2ccn[nH]2)cc1. The summed E-state index contributed by atoms with van der Waals surface area (Å²) >= 11 is 0. The molecule has 0 saturated heterocycles. The first kappa shape index (κ1) is 10.9. The summed E-state index contributed by atoms with van der Waals surface area (Å²) < 4.78 is 0. The topological polar surface area (TPSA) is 31.9 Å². The number of benzene rings is 1. The molecule has 16 heavy (non-hydrogen) atoms. The lowest BCUT2D eigenvalue weighted by molar-refractivity contribution is 0.402. The zero-order valence-corrected chi connectivity index (χ0v) is 9.77. The van der Waals surface area contributed by atoms with Crippen LogP contribution in [0.5, 0.6) is 0 Å². The van der Waals surface area contributed by atoms with E-state index >= 15 is 0 Å². The average molecular weight is 215 g/mol. The van der Waals surface area contributed by atoms with Gasteiger partial charge in [0.05, 0.1) is 0 Å². The first-order valence-corrected chi connectivity index (χ1v) is 5.45. The largest absolute Gasteiger partial charge is 0.305 e. The third-order valence-electron chi connectivity index (χ3n) is 2.47. The Kier molecular flexibility index (Phi) is 3.37. The molecule has 2 rings (SSSR count). The second-order valence-electron chi connectivity index (χ2n) is 4.31. The summed E-state index contributed by atoms with van der Waals surface area (Å²) in [7, 11) is 4.16.